The standard InChI is InChI=1S/C15H14ClN3O/c1-10-13(16)3-2-11-8-12(9-17)15(18-14(10)11)19-4-6-20-7-5-19/h2-3,8H,4-7H2,1H3. The number of anilines is 1. The lowest BCUT2D eigenvalue weighted by atomic mass is 10.1. The van der Waals surface area contributed by atoms with Gasteiger partial charge in [-0.3, -0.25) is 0 Å². The highest BCUT2D eigenvalue weighted by molar-refractivity contribution is 6.32. The van der Waals surface area contributed by atoms with Crippen LogP contribution in [0.15, 0.2) is 18.2 Å². The molecule has 1 aliphatic heterocycles. The van der Waals surface area contributed by atoms with Gasteiger partial charge in [-0.1, -0.05) is 17.7 Å². The zero-order chi connectivity index (χ0) is 14.1. The van der Waals surface area contributed by atoms with Crippen molar-refractivity contribution in [2.24, 2.45) is 0 Å². The molecule has 0 N–H and O–H groups in total. The van der Waals surface area contributed by atoms with Gasteiger partial charge in [0.05, 0.1) is 24.3 Å². The summed E-state index contributed by atoms with van der Waals surface area (Å²) in [5.41, 5.74) is 2.40. The second-order valence-corrected chi connectivity index (χ2v) is 5.22. The molecule has 2 heterocycles. The quantitative estimate of drug-likeness (QED) is 0.809. The topological polar surface area (TPSA) is 49.2 Å². The van der Waals surface area contributed by atoms with Crippen molar-refractivity contribution in [2.45, 2.75) is 6.92 Å². The predicted octanol–water partition coefficient (Wildman–Crippen LogP) is 2.90. The Labute approximate surface area is 122 Å². The molecule has 0 amide bonds. The normalized spacial score (nSPS) is 15.3. The van der Waals surface area contributed by atoms with Crippen LogP contribution < -0.4 is 4.90 Å². The van der Waals surface area contributed by atoms with Gasteiger partial charge in [-0.15, -0.1) is 0 Å². The van der Waals surface area contributed by atoms with Crippen molar-refractivity contribution in [1.82, 2.24) is 4.98 Å². The molecule has 1 fully saturated rings. The van der Waals surface area contributed by atoms with Crippen molar-refractivity contribution in [3.05, 3.63) is 34.3 Å². The molecule has 4 nitrogen and oxygen atoms in total. The van der Waals surface area contributed by atoms with Crippen molar-refractivity contribution in [1.29, 1.82) is 5.26 Å². The van der Waals surface area contributed by atoms with Gasteiger partial charge in [0, 0.05) is 23.5 Å². The zero-order valence-corrected chi connectivity index (χ0v) is 11.9. The predicted molar refractivity (Wildman–Crippen MR) is 79.2 cm³/mol. The molecule has 3 rings (SSSR count). The van der Waals surface area contributed by atoms with E-state index in [1.807, 2.05) is 25.1 Å². The van der Waals surface area contributed by atoms with Gasteiger partial charge in [-0.05, 0) is 24.6 Å². The Hall–Kier alpha value is -1.83. The van der Waals surface area contributed by atoms with Gasteiger partial charge in [-0.2, -0.15) is 5.26 Å². The fraction of sp³-hybridized carbons (Fsp3) is 0.333. The number of pyridine rings is 1. The summed E-state index contributed by atoms with van der Waals surface area (Å²) in [6.45, 7) is 4.80. The first-order valence-corrected chi connectivity index (χ1v) is 6.91. The van der Waals surface area contributed by atoms with E-state index in [1.54, 1.807) is 0 Å². The molecular weight excluding hydrogens is 274 g/mol. The second-order valence-electron chi connectivity index (χ2n) is 4.81. The van der Waals surface area contributed by atoms with Crippen LogP contribution in [0, 0.1) is 18.3 Å². The molecule has 2 aromatic rings. The van der Waals surface area contributed by atoms with Crippen LogP contribution in [0.2, 0.25) is 5.02 Å². The summed E-state index contributed by atoms with van der Waals surface area (Å²) in [5.74, 6) is 0.730. The monoisotopic (exact) mass is 287 g/mol. The molecule has 0 aliphatic carbocycles. The Bertz CT molecular complexity index is 702. The average Bonchev–Trinajstić information content (AvgIpc) is 2.51. The molecule has 102 valence electrons. The first-order chi connectivity index (χ1) is 9.70. The number of hydrogen-bond acceptors (Lipinski definition) is 4. The van der Waals surface area contributed by atoms with Crippen LogP contribution in [0.4, 0.5) is 5.82 Å². The SMILES string of the molecule is Cc1c(Cl)ccc2cc(C#N)c(N3CCOCC3)nc12. The smallest absolute Gasteiger partial charge is 0.147 e. The molecule has 0 unspecified atom stereocenters. The van der Waals surface area contributed by atoms with Crippen molar-refractivity contribution < 1.29 is 4.74 Å². The molecule has 0 saturated carbocycles. The lowest BCUT2D eigenvalue weighted by Crippen LogP contribution is -2.37. The summed E-state index contributed by atoms with van der Waals surface area (Å²) in [6.07, 6.45) is 0. The third kappa shape index (κ3) is 2.20. The second kappa shape index (κ2) is 5.28. The van der Waals surface area contributed by atoms with Crippen LogP contribution >= 0.6 is 11.6 Å². The summed E-state index contributed by atoms with van der Waals surface area (Å²) in [5, 5.41) is 11.0. The molecule has 0 atom stereocenters. The summed E-state index contributed by atoms with van der Waals surface area (Å²) in [7, 11) is 0. The zero-order valence-electron chi connectivity index (χ0n) is 11.2. The minimum absolute atomic E-state index is 0.598. The lowest BCUT2D eigenvalue weighted by molar-refractivity contribution is 0.122. The number of aryl methyl sites for hydroxylation is 1. The van der Waals surface area contributed by atoms with Gasteiger partial charge in [-0.25, -0.2) is 4.98 Å². The highest BCUT2D eigenvalue weighted by atomic mass is 35.5. The molecular formula is C15H14ClN3O. The molecule has 1 aromatic carbocycles. The van der Waals surface area contributed by atoms with Gasteiger partial charge < -0.3 is 9.64 Å². The van der Waals surface area contributed by atoms with E-state index in [4.69, 9.17) is 21.3 Å². The van der Waals surface area contributed by atoms with E-state index in [2.05, 4.69) is 11.0 Å². The van der Waals surface area contributed by atoms with Crippen LogP contribution in [0.5, 0.6) is 0 Å². The number of halogens is 1. The van der Waals surface area contributed by atoms with E-state index in [0.717, 1.165) is 35.4 Å². The van der Waals surface area contributed by atoms with E-state index in [9.17, 15) is 5.26 Å². The van der Waals surface area contributed by atoms with Gasteiger partial charge in [0.25, 0.3) is 0 Å². The average molecular weight is 288 g/mol. The molecule has 1 aliphatic rings. The summed E-state index contributed by atoms with van der Waals surface area (Å²) >= 11 is 6.16. The number of aromatic nitrogens is 1. The molecule has 0 bridgehead atoms. The Morgan fingerprint density at radius 3 is 2.80 bits per heavy atom. The van der Waals surface area contributed by atoms with Gasteiger partial charge in [0.15, 0.2) is 0 Å². The molecule has 0 radical (unpaired) electrons. The number of hydrogen-bond donors (Lipinski definition) is 0. The molecule has 0 spiro atoms. The number of morpholine rings is 1. The number of benzene rings is 1. The number of fused-ring (bicyclic) bond motifs is 1. The highest BCUT2D eigenvalue weighted by Gasteiger charge is 2.18. The Morgan fingerprint density at radius 2 is 2.10 bits per heavy atom. The highest BCUT2D eigenvalue weighted by Crippen LogP contribution is 2.29. The number of nitriles is 1. The maximum absolute atomic E-state index is 9.36. The van der Waals surface area contributed by atoms with Crippen LogP contribution in [0.3, 0.4) is 0 Å². The van der Waals surface area contributed by atoms with E-state index in [1.165, 1.54) is 0 Å². The first-order valence-electron chi connectivity index (χ1n) is 6.53. The first kappa shape index (κ1) is 13.2. The Morgan fingerprint density at radius 1 is 1.35 bits per heavy atom. The molecule has 5 heteroatoms. The minimum atomic E-state index is 0.598. The van der Waals surface area contributed by atoms with Crippen molar-refractivity contribution >= 4 is 28.3 Å². The summed E-state index contributed by atoms with van der Waals surface area (Å²) in [6, 6.07) is 7.87. The van der Waals surface area contributed by atoms with Crippen molar-refractivity contribution in [2.75, 3.05) is 31.2 Å². The minimum Gasteiger partial charge on any atom is -0.378 e. The maximum atomic E-state index is 9.36. The third-order valence-corrected chi connectivity index (χ3v) is 4.00. The molecule has 1 aromatic heterocycles. The Balaban J connectivity index is 2.19. The summed E-state index contributed by atoms with van der Waals surface area (Å²) in [4.78, 5) is 6.79. The van der Waals surface area contributed by atoms with E-state index >= 15 is 0 Å². The third-order valence-electron chi connectivity index (χ3n) is 3.59. The van der Waals surface area contributed by atoms with E-state index in [0.29, 0.717) is 23.8 Å². The molecule has 20 heavy (non-hydrogen) atoms. The van der Waals surface area contributed by atoms with Crippen molar-refractivity contribution in [3.8, 4) is 6.07 Å². The van der Waals surface area contributed by atoms with Gasteiger partial charge >= 0.3 is 0 Å². The summed E-state index contributed by atoms with van der Waals surface area (Å²) < 4.78 is 5.35. The van der Waals surface area contributed by atoms with Crippen LogP contribution in [0.25, 0.3) is 10.9 Å². The van der Waals surface area contributed by atoms with Crippen LogP contribution in [-0.4, -0.2) is 31.3 Å². The maximum Gasteiger partial charge on any atom is 0.147 e. The number of nitrogens with zero attached hydrogens (tertiary/aromatic N) is 3. The van der Waals surface area contributed by atoms with E-state index in [-0.39, 0.29) is 0 Å². The number of rotatable bonds is 1. The lowest BCUT2D eigenvalue weighted by Gasteiger charge is -2.28. The Kier molecular flexibility index (Phi) is 3.47. The van der Waals surface area contributed by atoms with E-state index < -0.39 is 0 Å². The fourth-order valence-corrected chi connectivity index (χ4v) is 2.60. The van der Waals surface area contributed by atoms with Gasteiger partial charge in [0.2, 0.25) is 0 Å². The van der Waals surface area contributed by atoms with Crippen molar-refractivity contribution in [3.63, 3.8) is 0 Å². The largest absolute Gasteiger partial charge is 0.378 e. The fourth-order valence-electron chi connectivity index (χ4n) is 2.45. The van der Waals surface area contributed by atoms with Crippen LogP contribution in [-0.2, 0) is 4.74 Å². The number of ether oxygens (including phenoxy) is 1. The van der Waals surface area contributed by atoms with Crippen LogP contribution in [0.1, 0.15) is 11.1 Å². The molecule has 1 saturated heterocycles. The van der Waals surface area contributed by atoms with Gasteiger partial charge in [0.1, 0.15) is 11.9 Å².